The molecule has 1 heterocycles. The Hall–Kier alpha value is -1.52. The lowest BCUT2D eigenvalue weighted by molar-refractivity contribution is 0.0933. The molecule has 1 aromatic heterocycles. The van der Waals surface area contributed by atoms with Crippen molar-refractivity contribution in [1.29, 1.82) is 0 Å². The van der Waals surface area contributed by atoms with Crippen LogP contribution in [0.2, 0.25) is 0 Å². The number of nitrogens with one attached hydrogen (secondary N) is 1. The monoisotopic (exact) mass is 251 g/mol. The molecule has 18 heavy (non-hydrogen) atoms. The predicted octanol–water partition coefficient (Wildman–Crippen LogP) is 1.74. The van der Waals surface area contributed by atoms with E-state index in [1.807, 2.05) is 13.8 Å². The summed E-state index contributed by atoms with van der Waals surface area (Å²) < 4.78 is 7.15. The van der Waals surface area contributed by atoms with Crippen LogP contribution in [0.4, 0.5) is 0 Å². The molecule has 5 nitrogen and oxygen atoms in total. The number of ether oxygens (including phenoxy) is 1. The van der Waals surface area contributed by atoms with E-state index in [2.05, 4.69) is 10.4 Å². The maximum Gasteiger partial charge on any atom is 0.271 e. The van der Waals surface area contributed by atoms with Gasteiger partial charge in [-0.05, 0) is 32.6 Å². The van der Waals surface area contributed by atoms with Crippen molar-refractivity contribution in [2.45, 2.75) is 39.2 Å². The number of aryl methyl sites for hydroxylation is 1. The first-order chi connectivity index (χ1) is 8.56. The van der Waals surface area contributed by atoms with Gasteiger partial charge in [-0.15, -0.1) is 0 Å². The van der Waals surface area contributed by atoms with E-state index in [1.54, 1.807) is 17.8 Å². The Kier molecular flexibility index (Phi) is 3.89. The van der Waals surface area contributed by atoms with Gasteiger partial charge in [-0.2, -0.15) is 5.10 Å². The van der Waals surface area contributed by atoms with E-state index in [0.29, 0.717) is 17.5 Å². The number of carbonyl (C=O) groups is 1. The second-order valence-electron chi connectivity index (χ2n) is 5.16. The fraction of sp³-hybridized carbons (Fsp3) is 0.692. The van der Waals surface area contributed by atoms with Gasteiger partial charge in [0.25, 0.3) is 5.91 Å². The summed E-state index contributed by atoms with van der Waals surface area (Å²) >= 11 is 0. The minimum atomic E-state index is -0.115. The van der Waals surface area contributed by atoms with Gasteiger partial charge in [-0.25, -0.2) is 4.68 Å². The van der Waals surface area contributed by atoms with Crippen molar-refractivity contribution in [3.63, 3.8) is 0 Å². The highest BCUT2D eigenvalue weighted by Gasteiger charge is 2.20. The third-order valence-corrected chi connectivity index (χ3v) is 3.20. The second-order valence-corrected chi connectivity index (χ2v) is 5.16. The van der Waals surface area contributed by atoms with Crippen LogP contribution in [-0.4, -0.2) is 28.3 Å². The number of aromatic nitrogens is 2. The molecule has 1 aromatic rings. The van der Waals surface area contributed by atoms with Crippen LogP contribution < -0.4 is 10.1 Å². The number of nitrogens with zero attached hydrogens (tertiary/aromatic N) is 2. The van der Waals surface area contributed by atoms with E-state index in [9.17, 15) is 4.79 Å². The van der Waals surface area contributed by atoms with Gasteiger partial charge < -0.3 is 10.1 Å². The maximum absolute atomic E-state index is 11.9. The highest BCUT2D eigenvalue weighted by Crippen LogP contribution is 2.25. The number of rotatable bonds is 5. The molecular weight excluding hydrogens is 230 g/mol. The molecule has 0 radical (unpaired) electrons. The molecule has 2 rings (SSSR count). The van der Waals surface area contributed by atoms with Crippen LogP contribution in [0.3, 0.4) is 0 Å². The van der Waals surface area contributed by atoms with E-state index in [1.165, 1.54) is 19.3 Å². The van der Waals surface area contributed by atoms with Crippen molar-refractivity contribution in [3.8, 4) is 5.88 Å². The molecule has 0 aliphatic heterocycles. The summed E-state index contributed by atoms with van der Waals surface area (Å²) in [5.74, 6) is 1.17. The zero-order valence-electron chi connectivity index (χ0n) is 11.3. The summed E-state index contributed by atoms with van der Waals surface area (Å²) in [7, 11) is 1.78. The first-order valence-corrected chi connectivity index (χ1v) is 6.55. The molecular formula is C13H21N3O2. The van der Waals surface area contributed by atoms with Crippen LogP contribution in [0.25, 0.3) is 0 Å². The van der Waals surface area contributed by atoms with Crippen molar-refractivity contribution in [2.24, 2.45) is 13.0 Å². The lowest BCUT2D eigenvalue weighted by Crippen LogP contribution is -2.32. The molecule has 1 saturated carbocycles. The zero-order valence-corrected chi connectivity index (χ0v) is 11.3. The van der Waals surface area contributed by atoms with E-state index in [0.717, 1.165) is 6.54 Å². The minimum absolute atomic E-state index is 0.0753. The van der Waals surface area contributed by atoms with Gasteiger partial charge >= 0.3 is 0 Å². The Morgan fingerprint density at radius 1 is 1.61 bits per heavy atom. The highest BCUT2D eigenvalue weighted by atomic mass is 16.5. The second kappa shape index (κ2) is 5.42. The Morgan fingerprint density at radius 3 is 2.89 bits per heavy atom. The van der Waals surface area contributed by atoms with Crippen molar-refractivity contribution in [1.82, 2.24) is 15.1 Å². The van der Waals surface area contributed by atoms with Gasteiger partial charge in [0.1, 0.15) is 0 Å². The number of amides is 1. The smallest absolute Gasteiger partial charge is 0.271 e. The average Bonchev–Trinajstić information content (AvgIpc) is 2.57. The van der Waals surface area contributed by atoms with Gasteiger partial charge in [0.05, 0.1) is 6.10 Å². The molecule has 1 fully saturated rings. The van der Waals surface area contributed by atoms with Crippen molar-refractivity contribution < 1.29 is 9.53 Å². The average molecular weight is 251 g/mol. The quantitative estimate of drug-likeness (QED) is 0.867. The molecule has 1 N–H and O–H groups in total. The van der Waals surface area contributed by atoms with Gasteiger partial charge in [0.15, 0.2) is 5.69 Å². The van der Waals surface area contributed by atoms with Crippen molar-refractivity contribution >= 4 is 5.91 Å². The minimum Gasteiger partial charge on any atom is -0.475 e. The molecule has 5 heteroatoms. The fourth-order valence-corrected chi connectivity index (χ4v) is 1.94. The Labute approximate surface area is 108 Å². The molecule has 0 spiro atoms. The summed E-state index contributed by atoms with van der Waals surface area (Å²) in [5, 5.41) is 7.09. The van der Waals surface area contributed by atoms with Gasteiger partial charge in [0.2, 0.25) is 5.88 Å². The Morgan fingerprint density at radius 2 is 2.33 bits per heavy atom. The normalized spacial score (nSPS) is 15.6. The topological polar surface area (TPSA) is 56.1 Å². The van der Waals surface area contributed by atoms with Gasteiger partial charge in [-0.1, -0.05) is 6.42 Å². The van der Waals surface area contributed by atoms with Crippen LogP contribution in [0, 0.1) is 5.92 Å². The predicted molar refractivity (Wildman–Crippen MR) is 68.6 cm³/mol. The first-order valence-electron chi connectivity index (χ1n) is 6.55. The Bertz CT molecular complexity index is 422. The molecule has 0 saturated heterocycles. The van der Waals surface area contributed by atoms with E-state index in [-0.39, 0.29) is 12.0 Å². The van der Waals surface area contributed by atoms with Gasteiger partial charge in [0, 0.05) is 19.7 Å². The zero-order chi connectivity index (χ0) is 13.1. The molecule has 0 bridgehead atoms. The lowest BCUT2D eigenvalue weighted by Gasteiger charge is -2.25. The van der Waals surface area contributed by atoms with Crippen LogP contribution in [0.15, 0.2) is 6.07 Å². The third kappa shape index (κ3) is 3.03. The SMILES string of the molecule is CC(C)Oc1cc(C(=O)NCC2CCC2)nn1C. The maximum atomic E-state index is 11.9. The number of hydrogen-bond donors (Lipinski definition) is 1. The molecule has 0 aromatic carbocycles. The highest BCUT2D eigenvalue weighted by molar-refractivity contribution is 5.92. The van der Waals surface area contributed by atoms with Crippen LogP contribution in [-0.2, 0) is 7.05 Å². The summed E-state index contributed by atoms with van der Waals surface area (Å²) in [5.41, 5.74) is 0.424. The third-order valence-electron chi connectivity index (χ3n) is 3.20. The van der Waals surface area contributed by atoms with E-state index in [4.69, 9.17) is 4.74 Å². The Balaban J connectivity index is 1.92. The lowest BCUT2D eigenvalue weighted by atomic mass is 9.85. The summed E-state index contributed by atoms with van der Waals surface area (Å²) in [6.07, 6.45) is 3.82. The molecule has 1 amide bonds. The molecule has 1 aliphatic carbocycles. The first kappa shape index (κ1) is 12.9. The summed E-state index contributed by atoms with van der Waals surface area (Å²) in [4.78, 5) is 11.9. The van der Waals surface area contributed by atoms with Gasteiger partial charge in [-0.3, -0.25) is 4.79 Å². The van der Waals surface area contributed by atoms with Crippen molar-refractivity contribution in [2.75, 3.05) is 6.54 Å². The van der Waals surface area contributed by atoms with Crippen LogP contribution >= 0.6 is 0 Å². The number of hydrogen-bond acceptors (Lipinski definition) is 3. The number of carbonyl (C=O) groups excluding carboxylic acids is 1. The standard InChI is InChI=1S/C13H21N3O2/c1-9(2)18-12-7-11(15-16(12)3)13(17)14-8-10-5-4-6-10/h7,9-10H,4-6,8H2,1-3H3,(H,14,17). The fourth-order valence-electron chi connectivity index (χ4n) is 1.94. The van der Waals surface area contributed by atoms with E-state index < -0.39 is 0 Å². The molecule has 0 atom stereocenters. The molecule has 100 valence electrons. The van der Waals surface area contributed by atoms with Crippen LogP contribution in [0.5, 0.6) is 5.88 Å². The largest absolute Gasteiger partial charge is 0.475 e. The molecule has 1 aliphatic rings. The van der Waals surface area contributed by atoms with Crippen molar-refractivity contribution in [3.05, 3.63) is 11.8 Å². The summed E-state index contributed by atoms with van der Waals surface area (Å²) in [6, 6.07) is 1.69. The van der Waals surface area contributed by atoms with Crippen LogP contribution in [0.1, 0.15) is 43.6 Å². The summed E-state index contributed by atoms with van der Waals surface area (Å²) in [6.45, 7) is 4.66. The molecule has 0 unspecified atom stereocenters. The van der Waals surface area contributed by atoms with E-state index >= 15 is 0 Å².